The van der Waals surface area contributed by atoms with Crippen molar-refractivity contribution in [2.45, 2.75) is 53.0 Å². The summed E-state index contributed by atoms with van der Waals surface area (Å²) in [5.41, 5.74) is 4.85. The Morgan fingerprint density at radius 3 is 2.49 bits per heavy atom. The largest absolute Gasteiger partial charge is 0.342 e. The van der Waals surface area contributed by atoms with Crippen molar-refractivity contribution in [1.29, 1.82) is 5.26 Å². The molecule has 0 radical (unpaired) electrons. The van der Waals surface area contributed by atoms with Gasteiger partial charge < -0.3 is 9.47 Å². The van der Waals surface area contributed by atoms with Crippen LogP contribution < -0.4 is 0 Å². The number of hydrogen-bond acceptors (Lipinski definition) is 3. The number of halogens is 2. The van der Waals surface area contributed by atoms with Gasteiger partial charge in [0.15, 0.2) is 0 Å². The number of hydrogen-bond donors (Lipinski definition) is 0. The maximum atomic E-state index is 13.4. The maximum absolute atomic E-state index is 13.4. The predicted molar refractivity (Wildman–Crippen MR) is 140 cm³/mol. The number of carbonyl (C=O) groups excluding carboxylic acids is 2. The second-order valence-electron chi connectivity index (χ2n) is 9.46. The van der Waals surface area contributed by atoms with E-state index in [-0.39, 0.29) is 11.7 Å². The molecule has 1 saturated heterocycles. The van der Waals surface area contributed by atoms with Gasteiger partial charge in [0.2, 0.25) is 0 Å². The van der Waals surface area contributed by atoms with E-state index in [1.54, 1.807) is 12.1 Å². The van der Waals surface area contributed by atoms with E-state index in [0.717, 1.165) is 34.9 Å². The van der Waals surface area contributed by atoms with Crippen LogP contribution in [0.5, 0.6) is 0 Å². The predicted octanol–water partition coefficient (Wildman–Crippen LogP) is 6.71. The smallest absolute Gasteiger partial charge is 0.255 e. The standard InChI is InChI=1S/C28H29Cl2N3O2/c1-4-21(34)12-19-7-9-32(10-8-19)28(35)22-5-6-25(29)24(26(22)30)16-33-15-18(3)23-13-20(14-31)11-17(2)27(23)33/h5-6,11,13,15,19H,4,7-10,12,16H2,1-3H3. The molecule has 7 heteroatoms. The maximum Gasteiger partial charge on any atom is 0.255 e. The average molecular weight is 510 g/mol. The van der Waals surface area contributed by atoms with Crippen LogP contribution in [0.25, 0.3) is 10.9 Å². The molecule has 2 heterocycles. The lowest BCUT2D eigenvalue weighted by atomic mass is 9.91. The second-order valence-corrected chi connectivity index (χ2v) is 10.2. The SMILES string of the molecule is CCC(=O)CC1CCN(C(=O)c2ccc(Cl)c(Cn3cc(C)c4cc(C#N)cc(C)c43)c2Cl)CC1. The summed E-state index contributed by atoms with van der Waals surface area (Å²) in [7, 11) is 0. The number of likely N-dealkylation sites (tertiary alicyclic amines) is 1. The molecule has 0 aliphatic carbocycles. The number of Topliss-reactive ketones (excluding diaryl/α,β-unsaturated/α-hetero) is 1. The third-order valence-corrected chi connectivity index (χ3v) is 7.83. The fraction of sp³-hybridized carbons (Fsp3) is 0.393. The number of nitriles is 1. The molecule has 1 aliphatic heterocycles. The first-order valence-electron chi connectivity index (χ1n) is 12.0. The molecule has 1 aromatic heterocycles. The van der Waals surface area contributed by atoms with Crippen LogP contribution in [0.4, 0.5) is 0 Å². The Bertz CT molecular complexity index is 1340. The van der Waals surface area contributed by atoms with Crippen molar-refractivity contribution in [1.82, 2.24) is 9.47 Å². The van der Waals surface area contributed by atoms with Crippen LogP contribution in [0.1, 0.15) is 65.2 Å². The zero-order chi connectivity index (χ0) is 25.3. The van der Waals surface area contributed by atoms with Gasteiger partial charge in [-0.25, -0.2) is 0 Å². The van der Waals surface area contributed by atoms with Crippen molar-refractivity contribution in [2.75, 3.05) is 13.1 Å². The Kier molecular flexibility index (Phi) is 7.54. The van der Waals surface area contributed by atoms with Crippen molar-refractivity contribution in [3.63, 3.8) is 0 Å². The zero-order valence-electron chi connectivity index (χ0n) is 20.3. The van der Waals surface area contributed by atoms with Gasteiger partial charge in [0.1, 0.15) is 5.78 Å². The quantitative estimate of drug-likeness (QED) is 0.370. The number of fused-ring (bicyclic) bond motifs is 1. The van der Waals surface area contributed by atoms with Crippen LogP contribution >= 0.6 is 23.2 Å². The minimum Gasteiger partial charge on any atom is -0.342 e. The van der Waals surface area contributed by atoms with E-state index in [9.17, 15) is 14.9 Å². The molecule has 0 atom stereocenters. The monoisotopic (exact) mass is 509 g/mol. The summed E-state index contributed by atoms with van der Waals surface area (Å²) in [6, 6.07) is 9.43. The summed E-state index contributed by atoms with van der Waals surface area (Å²) in [5, 5.41) is 11.2. The highest BCUT2D eigenvalue weighted by atomic mass is 35.5. The first kappa shape index (κ1) is 25.3. The number of rotatable bonds is 6. The number of nitrogens with zero attached hydrogens (tertiary/aromatic N) is 3. The van der Waals surface area contributed by atoms with Crippen LogP contribution in [0, 0.1) is 31.1 Å². The van der Waals surface area contributed by atoms with E-state index in [1.807, 2.05) is 44.0 Å². The lowest BCUT2D eigenvalue weighted by molar-refractivity contribution is -0.119. The topological polar surface area (TPSA) is 66.1 Å². The molecule has 0 saturated carbocycles. The summed E-state index contributed by atoms with van der Waals surface area (Å²) in [6.45, 7) is 7.55. The average Bonchev–Trinajstić information content (AvgIpc) is 3.17. The number of benzene rings is 2. The first-order chi connectivity index (χ1) is 16.7. The minimum absolute atomic E-state index is 0.100. The van der Waals surface area contributed by atoms with E-state index in [2.05, 4.69) is 10.6 Å². The van der Waals surface area contributed by atoms with Gasteiger partial charge in [-0.3, -0.25) is 9.59 Å². The Morgan fingerprint density at radius 1 is 1.11 bits per heavy atom. The van der Waals surface area contributed by atoms with Crippen molar-refractivity contribution < 1.29 is 9.59 Å². The van der Waals surface area contributed by atoms with Crippen molar-refractivity contribution >= 4 is 45.8 Å². The van der Waals surface area contributed by atoms with Crippen LogP contribution in [0.2, 0.25) is 10.0 Å². The fourth-order valence-corrected chi connectivity index (χ4v) is 5.64. The van der Waals surface area contributed by atoms with Gasteiger partial charge in [0, 0.05) is 48.1 Å². The highest BCUT2D eigenvalue weighted by Crippen LogP contribution is 2.33. The van der Waals surface area contributed by atoms with Crippen LogP contribution in [-0.4, -0.2) is 34.2 Å². The Labute approximate surface area is 216 Å². The number of aromatic nitrogens is 1. The molecule has 35 heavy (non-hydrogen) atoms. The third-order valence-electron chi connectivity index (χ3n) is 7.05. The fourth-order valence-electron chi connectivity index (χ4n) is 5.07. The number of piperidine rings is 1. The number of aryl methyl sites for hydroxylation is 2. The highest BCUT2D eigenvalue weighted by molar-refractivity contribution is 6.38. The van der Waals surface area contributed by atoms with Gasteiger partial charge in [-0.15, -0.1) is 0 Å². The molecular weight excluding hydrogens is 481 g/mol. The molecular formula is C28H29Cl2N3O2. The molecule has 3 aromatic rings. The molecule has 5 nitrogen and oxygen atoms in total. The molecule has 4 rings (SSSR count). The molecule has 1 aliphatic rings. The zero-order valence-corrected chi connectivity index (χ0v) is 21.8. The van der Waals surface area contributed by atoms with E-state index in [0.29, 0.717) is 65.1 Å². The van der Waals surface area contributed by atoms with Gasteiger partial charge in [-0.05, 0) is 68.0 Å². The number of amides is 1. The van der Waals surface area contributed by atoms with E-state index < -0.39 is 0 Å². The van der Waals surface area contributed by atoms with Gasteiger partial charge in [0.25, 0.3) is 5.91 Å². The Morgan fingerprint density at radius 2 is 1.83 bits per heavy atom. The summed E-state index contributed by atoms with van der Waals surface area (Å²) < 4.78 is 2.08. The van der Waals surface area contributed by atoms with Crippen molar-refractivity contribution in [3.05, 3.63) is 68.3 Å². The minimum atomic E-state index is -0.100. The van der Waals surface area contributed by atoms with E-state index in [4.69, 9.17) is 23.2 Å². The molecule has 0 bridgehead atoms. The first-order valence-corrected chi connectivity index (χ1v) is 12.8. The summed E-state index contributed by atoms with van der Waals surface area (Å²) in [6.07, 6.45) is 4.85. The molecule has 0 unspecified atom stereocenters. The van der Waals surface area contributed by atoms with Crippen molar-refractivity contribution in [2.24, 2.45) is 5.92 Å². The Balaban J connectivity index is 1.60. The normalized spacial score (nSPS) is 14.3. The third kappa shape index (κ3) is 5.10. The number of carbonyl (C=O) groups is 2. The second kappa shape index (κ2) is 10.4. The van der Waals surface area contributed by atoms with E-state index in [1.165, 1.54) is 0 Å². The summed E-state index contributed by atoms with van der Waals surface area (Å²) in [5.74, 6) is 0.529. The van der Waals surface area contributed by atoms with Gasteiger partial charge in [-0.1, -0.05) is 30.1 Å². The molecule has 2 aromatic carbocycles. The van der Waals surface area contributed by atoms with E-state index >= 15 is 0 Å². The van der Waals surface area contributed by atoms with Gasteiger partial charge in [0.05, 0.1) is 34.3 Å². The summed E-state index contributed by atoms with van der Waals surface area (Å²) >= 11 is 13.4. The molecule has 0 N–H and O–H groups in total. The number of ketones is 1. The summed E-state index contributed by atoms with van der Waals surface area (Å²) in [4.78, 5) is 27.0. The van der Waals surface area contributed by atoms with Crippen LogP contribution in [0.15, 0.2) is 30.5 Å². The van der Waals surface area contributed by atoms with Gasteiger partial charge in [-0.2, -0.15) is 5.26 Å². The molecule has 182 valence electrons. The lowest BCUT2D eigenvalue weighted by Gasteiger charge is -2.32. The van der Waals surface area contributed by atoms with Crippen LogP contribution in [-0.2, 0) is 11.3 Å². The molecule has 1 fully saturated rings. The van der Waals surface area contributed by atoms with Gasteiger partial charge >= 0.3 is 0 Å². The Hall–Kier alpha value is -2.81. The lowest BCUT2D eigenvalue weighted by Crippen LogP contribution is -2.39. The molecule has 1 amide bonds. The highest BCUT2D eigenvalue weighted by Gasteiger charge is 2.27. The molecule has 0 spiro atoms. The van der Waals surface area contributed by atoms with Crippen molar-refractivity contribution in [3.8, 4) is 6.07 Å². The van der Waals surface area contributed by atoms with Crippen LogP contribution in [0.3, 0.4) is 0 Å².